The van der Waals surface area contributed by atoms with Crippen molar-refractivity contribution in [3.63, 3.8) is 0 Å². The Hall–Kier alpha value is -1.26. The molecule has 1 aromatic heterocycles. The molecule has 3 rings (SSSR count). The lowest BCUT2D eigenvalue weighted by molar-refractivity contribution is 0.631. The van der Waals surface area contributed by atoms with E-state index in [1.807, 2.05) is 6.07 Å². The number of thiazole rings is 1. The number of hydrogen-bond donors (Lipinski definition) is 1. The Kier molecular flexibility index (Phi) is 2.91. The molecule has 1 saturated heterocycles. The Bertz CT molecular complexity index is 518. The largest absolute Gasteiger partial charge is 0.316 e. The first-order valence-corrected chi connectivity index (χ1v) is 6.63. The number of rotatable bonds is 2. The molecule has 4 heteroatoms. The third kappa shape index (κ3) is 2.10. The SMILES string of the molecule is Fc1ccccc1-c1nc(C2CCNC2)cs1. The number of aromatic nitrogens is 1. The monoisotopic (exact) mass is 248 g/mol. The van der Waals surface area contributed by atoms with Crippen LogP contribution >= 0.6 is 11.3 Å². The van der Waals surface area contributed by atoms with Crippen molar-refractivity contribution in [3.8, 4) is 10.6 Å². The molecule has 2 aromatic rings. The number of nitrogens with zero attached hydrogens (tertiary/aromatic N) is 1. The van der Waals surface area contributed by atoms with E-state index >= 15 is 0 Å². The van der Waals surface area contributed by atoms with Gasteiger partial charge in [-0.25, -0.2) is 9.37 Å². The van der Waals surface area contributed by atoms with Crippen LogP contribution in [0.15, 0.2) is 29.6 Å². The van der Waals surface area contributed by atoms with Crippen LogP contribution in [0.1, 0.15) is 18.0 Å². The minimum atomic E-state index is -0.196. The van der Waals surface area contributed by atoms with Gasteiger partial charge in [-0.3, -0.25) is 0 Å². The Labute approximate surface area is 104 Å². The molecule has 1 aliphatic heterocycles. The van der Waals surface area contributed by atoms with Crippen LogP contribution < -0.4 is 5.32 Å². The molecule has 2 heterocycles. The number of nitrogens with one attached hydrogen (secondary N) is 1. The highest BCUT2D eigenvalue weighted by Crippen LogP contribution is 2.30. The van der Waals surface area contributed by atoms with Crippen molar-refractivity contribution in [3.05, 3.63) is 41.2 Å². The lowest BCUT2D eigenvalue weighted by Gasteiger charge is -2.02. The molecule has 2 nitrogen and oxygen atoms in total. The number of benzene rings is 1. The highest BCUT2D eigenvalue weighted by Gasteiger charge is 2.20. The molecule has 1 aromatic carbocycles. The molecule has 0 aliphatic carbocycles. The maximum absolute atomic E-state index is 13.6. The Morgan fingerprint density at radius 1 is 1.35 bits per heavy atom. The Morgan fingerprint density at radius 2 is 2.24 bits per heavy atom. The maximum atomic E-state index is 13.6. The lowest BCUT2D eigenvalue weighted by atomic mass is 10.1. The summed E-state index contributed by atoms with van der Waals surface area (Å²) < 4.78 is 13.6. The molecule has 0 amide bonds. The van der Waals surface area contributed by atoms with Gasteiger partial charge in [-0.2, -0.15) is 0 Å². The van der Waals surface area contributed by atoms with Crippen LogP contribution in [0.25, 0.3) is 10.6 Å². The fourth-order valence-corrected chi connectivity index (χ4v) is 3.07. The molecule has 1 aliphatic rings. The molecule has 1 unspecified atom stereocenters. The average molecular weight is 248 g/mol. The molecule has 0 spiro atoms. The van der Waals surface area contributed by atoms with Gasteiger partial charge in [0, 0.05) is 23.4 Å². The molecule has 1 fully saturated rings. The van der Waals surface area contributed by atoms with Crippen LogP contribution in [0.2, 0.25) is 0 Å². The lowest BCUT2D eigenvalue weighted by Crippen LogP contribution is -2.08. The van der Waals surface area contributed by atoms with Gasteiger partial charge >= 0.3 is 0 Å². The molecule has 1 atom stereocenters. The van der Waals surface area contributed by atoms with E-state index in [0.717, 1.165) is 30.2 Å². The molecular formula is C13H13FN2S. The first kappa shape index (κ1) is 10.9. The van der Waals surface area contributed by atoms with Gasteiger partial charge < -0.3 is 5.32 Å². The summed E-state index contributed by atoms with van der Waals surface area (Å²) in [6.07, 6.45) is 1.13. The first-order chi connectivity index (χ1) is 8.34. The summed E-state index contributed by atoms with van der Waals surface area (Å²) in [5.74, 6) is 0.296. The fourth-order valence-electron chi connectivity index (χ4n) is 2.14. The van der Waals surface area contributed by atoms with Crippen molar-refractivity contribution in [1.82, 2.24) is 10.3 Å². The van der Waals surface area contributed by atoms with E-state index in [4.69, 9.17) is 0 Å². The van der Waals surface area contributed by atoms with E-state index in [-0.39, 0.29) is 5.82 Å². The second-order valence-electron chi connectivity index (χ2n) is 4.25. The quantitative estimate of drug-likeness (QED) is 0.883. The van der Waals surface area contributed by atoms with E-state index in [1.54, 1.807) is 12.1 Å². The second-order valence-corrected chi connectivity index (χ2v) is 5.11. The minimum absolute atomic E-state index is 0.196. The Morgan fingerprint density at radius 3 is 3.00 bits per heavy atom. The van der Waals surface area contributed by atoms with E-state index in [1.165, 1.54) is 17.4 Å². The van der Waals surface area contributed by atoms with E-state index in [9.17, 15) is 4.39 Å². The first-order valence-electron chi connectivity index (χ1n) is 5.75. The maximum Gasteiger partial charge on any atom is 0.133 e. The van der Waals surface area contributed by atoms with Gasteiger partial charge in [-0.1, -0.05) is 12.1 Å². The smallest absolute Gasteiger partial charge is 0.133 e. The van der Waals surface area contributed by atoms with Gasteiger partial charge in [0.05, 0.1) is 5.69 Å². The van der Waals surface area contributed by atoms with E-state index in [0.29, 0.717) is 11.5 Å². The molecule has 1 N–H and O–H groups in total. The summed E-state index contributed by atoms with van der Waals surface area (Å²) in [6, 6.07) is 6.81. The van der Waals surface area contributed by atoms with Gasteiger partial charge in [0.2, 0.25) is 0 Å². The standard InChI is InChI=1S/C13H13FN2S/c14-11-4-2-1-3-10(11)13-16-12(8-17-13)9-5-6-15-7-9/h1-4,8-9,15H,5-7H2. The molecule has 17 heavy (non-hydrogen) atoms. The third-order valence-corrected chi connectivity index (χ3v) is 4.00. The van der Waals surface area contributed by atoms with Crippen LogP contribution in [0.5, 0.6) is 0 Å². The van der Waals surface area contributed by atoms with Crippen LogP contribution in [0, 0.1) is 5.82 Å². The van der Waals surface area contributed by atoms with Crippen molar-refractivity contribution < 1.29 is 4.39 Å². The summed E-state index contributed by atoms with van der Waals surface area (Å²) in [5.41, 5.74) is 1.70. The Balaban J connectivity index is 1.92. The summed E-state index contributed by atoms with van der Waals surface area (Å²) in [4.78, 5) is 4.56. The summed E-state index contributed by atoms with van der Waals surface area (Å²) >= 11 is 1.52. The van der Waals surface area contributed by atoms with Crippen molar-refractivity contribution in [2.24, 2.45) is 0 Å². The van der Waals surface area contributed by atoms with Crippen LogP contribution in [0.4, 0.5) is 4.39 Å². The summed E-state index contributed by atoms with van der Waals surface area (Å²) in [6.45, 7) is 2.04. The second kappa shape index (κ2) is 4.55. The number of hydrogen-bond acceptors (Lipinski definition) is 3. The van der Waals surface area contributed by atoms with E-state index < -0.39 is 0 Å². The van der Waals surface area contributed by atoms with Gasteiger partial charge in [0.1, 0.15) is 10.8 Å². The third-order valence-electron chi connectivity index (χ3n) is 3.10. The predicted molar refractivity (Wildman–Crippen MR) is 67.7 cm³/mol. The van der Waals surface area contributed by atoms with E-state index in [2.05, 4.69) is 15.7 Å². The van der Waals surface area contributed by atoms with Crippen LogP contribution in [0.3, 0.4) is 0 Å². The summed E-state index contributed by atoms with van der Waals surface area (Å²) in [5, 5.41) is 6.16. The van der Waals surface area contributed by atoms with Crippen molar-refractivity contribution in [2.45, 2.75) is 12.3 Å². The van der Waals surface area contributed by atoms with Crippen molar-refractivity contribution in [2.75, 3.05) is 13.1 Å². The van der Waals surface area contributed by atoms with Crippen LogP contribution in [-0.4, -0.2) is 18.1 Å². The minimum Gasteiger partial charge on any atom is -0.316 e. The highest BCUT2D eigenvalue weighted by atomic mass is 32.1. The van der Waals surface area contributed by atoms with Crippen molar-refractivity contribution in [1.29, 1.82) is 0 Å². The number of halogens is 1. The normalized spacial score (nSPS) is 19.7. The molecule has 0 bridgehead atoms. The van der Waals surface area contributed by atoms with Gasteiger partial charge in [0.25, 0.3) is 0 Å². The highest BCUT2D eigenvalue weighted by molar-refractivity contribution is 7.13. The topological polar surface area (TPSA) is 24.9 Å². The zero-order chi connectivity index (χ0) is 11.7. The molecule has 0 radical (unpaired) electrons. The average Bonchev–Trinajstić information content (AvgIpc) is 3.00. The van der Waals surface area contributed by atoms with Crippen LogP contribution in [-0.2, 0) is 0 Å². The predicted octanol–water partition coefficient (Wildman–Crippen LogP) is 3.03. The molecule has 0 saturated carbocycles. The zero-order valence-electron chi connectivity index (χ0n) is 9.32. The molecule has 88 valence electrons. The van der Waals surface area contributed by atoms with Crippen molar-refractivity contribution >= 4 is 11.3 Å². The zero-order valence-corrected chi connectivity index (χ0v) is 10.1. The molecular weight excluding hydrogens is 235 g/mol. The van der Waals surface area contributed by atoms with Gasteiger partial charge in [0.15, 0.2) is 0 Å². The van der Waals surface area contributed by atoms with Gasteiger partial charge in [-0.15, -0.1) is 11.3 Å². The fraction of sp³-hybridized carbons (Fsp3) is 0.308. The summed E-state index contributed by atoms with van der Waals surface area (Å²) in [7, 11) is 0. The van der Waals surface area contributed by atoms with Gasteiger partial charge in [-0.05, 0) is 25.1 Å².